The summed E-state index contributed by atoms with van der Waals surface area (Å²) >= 11 is 3.49. The van der Waals surface area contributed by atoms with Crippen LogP contribution in [0.4, 0.5) is 5.95 Å². The Morgan fingerprint density at radius 3 is 2.07 bits per heavy atom. The highest BCUT2D eigenvalue weighted by atomic mass is 79.9. The summed E-state index contributed by atoms with van der Waals surface area (Å²) in [6.45, 7) is 6.24. The number of piperidine rings is 1. The molecule has 0 radical (unpaired) electrons. The van der Waals surface area contributed by atoms with E-state index in [9.17, 15) is 0 Å². The van der Waals surface area contributed by atoms with E-state index in [4.69, 9.17) is 0 Å². The number of hydrogen-bond donors (Lipinski definition) is 0. The van der Waals surface area contributed by atoms with Gasteiger partial charge in [0.2, 0.25) is 5.95 Å². The molecule has 1 aliphatic heterocycles. The molecule has 0 N–H and O–H groups in total. The fourth-order valence-corrected chi connectivity index (χ4v) is 2.10. The van der Waals surface area contributed by atoms with Gasteiger partial charge in [-0.15, -0.1) is 0 Å². The number of aromatic nitrogens is 2. The molecule has 1 aromatic heterocycles. The number of hydrogen-bond acceptors (Lipinski definition) is 3. The SMILES string of the molecule is Cc1nc(N2CCCCC2)nc(C)c1Br. The molecule has 0 bridgehead atoms. The summed E-state index contributed by atoms with van der Waals surface area (Å²) in [4.78, 5) is 11.3. The predicted molar refractivity (Wildman–Crippen MR) is 65.3 cm³/mol. The monoisotopic (exact) mass is 269 g/mol. The van der Waals surface area contributed by atoms with Crippen molar-refractivity contribution in [3.8, 4) is 0 Å². The Hall–Kier alpha value is -0.640. The Balaban J connectivity index is 2.27. The Morgan fingerprint density at radius 1 is 1.00 bits per heavy atom. The molecule has 1 aromatic rings. The lowest BCUT2D eigenvalue weighted by Gasteiger charge is -2.27. The minimum atomic E-state index is 0.896. The van der Waals surface area contributed by atoms with Gasteiger partial charge in [0.15, 0.2) is 0 Å². The molecular weight excluding hydrogens is 254 g/mol. The largest absolute Gasteiger partial charge is 0.341 e. The van der Waals surface area contributed by atoms with Gasteiger partial charge in [0.05, 0.1) is 15.9 Å². The molecule has 82 valence electrons. The van der Waals surface area contributed by atoms with Crippen LogP contribution < -0.4 is 4.90 Å². The van der Waals surface area contributed by atoms with Crippen molar-refractivity contribution in [2.75, 3.05) is 18.0 Å². The summed E-state index contributed by atoms with van der Waals surface area (Å²) in [7, 11) is 0. The Morgan fingerprint density at radius 2 is 1.53 bits per heavy atom. The van der Waals surface area contributed by atoms with Gasteiger partial charge in [-0.1, -0.05) is 0 Å². The Labute approximate surface area is 99.0 Å². The van der Waals surface area contributed by atoms with Crippen molar-refractivity contribution in [2.45, 2.75) is 33.1 Å². The molecule has 0 amide bonds. The van der Waals surface area contributed by atoms with Crippen LogP contribution in [0.5, 0.6) is 0 Å². The number of rotatable bonds is 1. The third-order valence-corrected chi connectivity index (χ3v) is 3.96. The maximum Gasteiger partial charge on any atom is 0.225 e. The maximum atomic E-state index is 4.53. The fraction of sp³-hybridized carbons (Fsp3) is 0.636. The van der Waals surface area contributed by atoms with E-state index in [0.29, 0.717) is 0 Å². The first-order chi connectivity index (χ1) is 7.18. The van der Waals surface area contributed by atoms with E-state index < -0.39 is 0 Å². The second-order valence-corrected chi connectivity index (χ2v) is 4.85. The van der Waals surface area contributed by atoms with Gasteiger partial charge in [-0.2, -0.15) is 0 Å². The maximum absolute atomic E-state index is 4.53. The van der Waals surface area contributed by atoms with Crippen molar-refractivity contribution in [1.82, 2.24) is 9.97 Å². The Kier molecular flexibility index (Phi) is 3.24. The molecule has 2 rings (SSSR count). The number of anilines is 1. The summed E-state index contributed by atoms with van der Waals surface area (Å²) in [6.07, 6.45) is 3.86. The van der Waals surface area contributed by atoms with Crippen LogP contribution in [0.2, 0.25) is 0 Å². The van der Waals surface area contributed by atoms with E-state index in [1.54, 1.807) is 0 Å². The zero-order valence-electron chi connectivity index (χ0n) is 9.26. The fourth-order valence-electron chi connectivity index (χ4n) is 1.92. The van der Waals surface area contributed by atoms with Gasteiger partial charge in [0.1, 0.15) is 0 Å². The third-order valence-electron chi connectivity index (χ3n) is 2.81. The van der Waals surface area contributed by atoms with Crippen LogP contribution in [0.25, 0.3) is 0 Å². The molecule has 0 unspecified atom stereocenters. The van der Waals surface area contributed by atoms with E-state index in [1.807, 2.05) is 13.8 Å². The summed E-state index contributed by atoms with van der Waals surface area (Å²) in [5.41, 5.74) is 2.06. The molecule has 0 aromatic carbocycles. The third kappa shape index (κ3) is 2.30. The molecule has 0 saturated carbocycles. The van der Waals surface area contributed by atoms with Gasteiger partial charge in [-0.25, -0.2) is 9.97 Å². The van der Waals surface area contributed by atoms with Crippen LogP contribution >= 0.6 is 15.9 Å². The molecule has 4 heteroatoms. The van der Waals surface area contributed by atoms with Crippen molar-refractivity contribution in [1.29, 1.82) is 0 Å². The summed E-state index contributed by atoms with van der Waals surface area (Å²) in [5.74, 6) is 0.896. The van der Waals surface area contributed by atoms with Gasteiger partial charge in [0.25, 0.3) is 0 Å². The van der Waals surface area contributed by atoms with E-state index in [2.05, 4.69) is 30.8 Å². The van der Waals surface area contributed by atoms with Gasteiger partial charge in [-0.05, 0) is 49.0 Å². The van der Waals surface area contributed by atoms with Crippen molar-refractivity contribution in [2.24, 2.45) is 0 Å². The lowest BCUT2D eigenvalue weighted by atomic mass is 10.1. The standard InChI is InChI=1S/C11H16BrN3/c1-8-10(12)9(2)14-11(13-8)15-6-4-3-5-7-15/h3-7H2,1-2H3. The molecule has 0 atom stereocenters. The highest BCUT2D eigenvalue weighted by Gasteiger charge is 2.15. The highest BCUT2D eigenvalue weighted by molar-refractivity contribution is 9.10. The average molecular weight is 270 g/mol. The van der Waals surface area contributed by atoms with Crippen LogP contribution in [0.15, 0.2) is 4.47 Å². The number of nitrogens with zero attached hydrogens (tertiary/aromatic N) is 3. The van der Waals surface area contributed by atoms with Crippen LogP contribution in [0, 0.1) is 13.8 Å². The second-order valence-electron chi connectivity index (χ2n) is 4.06. The van der Waals surface area contributed by atoms with Gasteiger partial charge >= 0.3 is 0 Å². The normalized spacial score (nSPS) is 16.9. The van der Waals surface area contributed by atoms with E-state index in [0.717, 1.165) is 34.9 Å². The summed E-state index contributed by atoms with van der Waals surface area (Å²) in [5, 5.41) is 0. The molecule has 2 heterocycles. The van der Waals surface area contributed by atoms with Crippen molar-refractivity contribution >= 4 is 21.9 Å². The second kappa shape index (κ2) is 4.47. The van der Waals surface area contributed by atoms with Crippen molar-refractivity contribution < 1.29 is 0 Å². The zero-order valence-corrected chi connectivity index (χ0v) is 10.8. The minimum absolute atomic E-state index is 0.896. The minimum Gasteiger partial charge on any atom is -0.341 e. The topological polar surface area (TPSA) is 29.0 Å². The number of halogens is 1. The van der Waals surface area contributed by atoms with E-state index in [1.165, 1.54) is 19.3 Å². The molecule has 0 aliphatic carbocycles. The zero-order chi connectivity index (χ0) is 10.8. The summed E-state index contributed by atoms with van der Waals surface area (Å²) < 4.78 is 1.03. The molecule has 0 spiro atoms. The molecule has 3 nitrogen and oxygen atoms in total. The molecular formula is C11H16BrN3. The van der Waals surface area contributed by atoms with E-state index >= 15 is 0 Å². The van der Waals surface area contributed by atoms with Crippen LogP contribution in [0.1, 0.15) is 30.7 Å². The van der Waals surface area contributed by atoms with Gasteiger partial charge in [-0.3, -0.25) is 0 Å². The highest BCUT2D eigenvalue weighted by Crippen LogP contribution is 2.22. The van der Waals surface area contributed by atoms with Crippen LogP contribution in [-0.4, -0.2) is 23.1 Å². The lowest BCUT2D eigenvalue weighted by Crippen LogP contribution is -2.31. The molecule has 15 heavy (non-hydrogen) atoms. The number of aryl methyl sites for hydroxylation is 2. The molecule has 1 saturated heterocycles. The van der Waals surface area contributed by atoms with Gasteiger partial charge < -0.3 is 4.90 Å². The molecule has 1 aliphatic rings. The molecule has 1 fully saturated rings. The van der Waals surface area contributed by atoms with Crippen molar-refractivity contribution in [3.63, 3.8) is 0 Å². The van der Waals surface area contributed by atoms with Gasteiger partial charge in [0, 0.05) is 13.1 Å². The average Bonchev–Trinajstić information content (AvgIpc) is 2.26. The van der Waals surface area contributed by atoms with Crippen LogP contribution in [-0.2, 0) is 0 Å². The quantitative estimate of drug-likeness (QED) is 0.785. The van der Waals surface area contributed by atoms with E-state index in [-0.39, 0.29) is 0 Å². The summed E-state index contributed by atoms with van der Waals surface area (Å²) in [6, 6.07) is 0. The van der Waals surface area contributed by atoms with Crippen LogP contribution in [0.3, 0.4) is 0 Å². The lowest BCUT2D eigenvalue weighted by molar-refractivity contribution is 0.567. The first-order valence-electron chi connectivity index (χ1n) is 5.44. The van der Waals surface area contributed by atoms with Crippen molar-refractivity contribution in [3.05, 3.63) is 15.9 Å². The Bertz CT molecular complexity index is 336. The first kappa shape index (κ1) is 10.9. The smallest absolute Gasteiger partial charge is 0.225 e. The first-order valence-corrected chi connectivity index (χ1v) is 6.23. The predicted octanol–water partition coefficient (Wildman–Crippen LogP) is 2.85.